The Bertz CT molecular complexity index is 172. The fourth-order valence-electron chi connectivity index (χ4n) is 0.667. The van der Waals surface area contributed by atoms with Crippen LogP contribution >= 0.6 is 11.8 Å². The van der Waals surface area contributed by atoms with Crippen LogP contribution in [0.3, 0.4) is 0 Å². The Labute approximate surface area is 76.0 Å². The average molecular weight is 191 g/mol. The molecule has 0 aliphatic rings. The number of rotatable bonds is 3. The van der Waals surface area contributed by atoms with E-state index in [1.807, 2.05) is 13.2 Å². The fraction of sp³-hybridized carbons (Fsp3) is 0.714. The van der Waals surface area contributed by atoms with Crippen LogP contribution in [0, 0.1) is 0 Å². The number of methoxy groups -OCH3 is 1. The van der Waals surface area contributed by atoms with Crippen LogP contribution in [0.5, 0.6) is 0 Å². The van der Waals surface area contributed by atoms with Crippen LogP contribution in [0.2, 0.25) is 0 Å². The van der Waals surface area contributed by atoms with E-state index in [0.29, 0.717) is 0 Å². The predicted octanol–water partition coefficient (Wildman–Crippen LogP) is 0.0271. The van der Waals surface area contributed by atoms with Gasteiger partial charge in [0.25, 0.3) is 0 Å². The van der Waals surface area contributed by atoms with Gasteiger partial charge in [-0.25, -0.2) is 4.79 Å². The van der Waals surface area contributed by atoms with Gasteiger partial charge in [0.05, 0.1) is 7.11 Å². The van der Waals surface area contributed by atoms with E-state index in [9.17, 15) is 9.59 Å². The van der Waals surface area contributed by atoms with Crippen molar-refractivity contribution in [1.29, 1.82) is 0 Å². The zero-order valence-electron chi connectivity index (χ0n) is 7.42. The van der Waals surface area contributed by atoms with Crippen molar-refractivity contribution in [2.75, 3.05) is 19.1 Å². The first-order valence-corrected chi connectivity index (χ1v) is 4.89. The Morgan fingerprint density at radius 3 is 2.58 bits per heavy atom. The molecule has 0 spiro atoms. The number of amides is 1. The summed E-state index contributed by atoms with van der Waals surface area (Å²) in [5, 5.41) is 2.50. The lowest BCUT2D eigenvalue weighted by Crippen LogP contribution is -2.39. The molecular formula is C7H13NO3S. The summed E-state index contributed by atoms with van der Waals surface area (Å²) in [5.74, 6) is -0.745. The van der Waals surface area contributed by atoms with Crippen molar-refractivity contribution in [2.45, 2.75) is 13.0 Å². The molecule has 1 amide bonds. The van der Waals surface area contributed by atoms with Gasteiger partial charge in [0, 0.05) is 11.8 Å². The molecule has 5 heteroatoms. The molecule has 12 heavy (non-hydrogen) atoms. The maximum atomic E-state index is 10.9. The van der Waals surface area contributed by atoms with E-state index < -0.39 is 11.9 Å². The predicted molar refractivity (Wildman–Crippen MR) is 48.0 cm³/mol. The number of hydrogen-bond donors (Lipinski definition) is 1. The van der Waals surface area contributed by atoms with Crippen molar-refractivity contribution in [3.63, 3.8) is 0 Å². The van der Waals surface area contributed by atoms with Gasteiger partial charge in [-0.3, -0.25) is 4.79 Å². The Morgan fingerprint density at radius 1 is 1.58 bits per heavy atom. The molecule has 0 aromatic heterocycles. The summed E-state index contributed by atoms with van der Waals surface area (Å²) in [6.07, 6.45) is 1.93. The lowest BCUT2D eigenvalue weighted by molar-refractivity contribution is -0.152. The third-order valence-electron chi connectivity index (χ3n) is 1.16. The maximum absolute atomic E-state index is 10.9. The quantitative estimate of drug-likeness (QED) is 0.505. The second-order valence-corrected chi connectivity index (χ2v) is 3.23. The lowest BCUT2D eigenvalue weighted by atomic mass is 10.4. The third kappa shape index (κ3) is 4.23. The molecule has 0 saturated carbocycles. The number of nitrogens with one attached hydrogen (secondary N) is 1. The van der Waals surface area contributed by atoms with Crippen LogP contribution in [-0.2, 0) is 14.3 Å². The summed E-state index contributed by atoms with van der Waals surface area (Å²) in [6, 6.07) is -0.00778. The number of ether oxygens (including phenoxy) is 1. The Hall–Kier alpha value is -0.710. The van der Waals surface area contributed by atoms with Gasteiger partial charge in [-0.15, -0.1) is 0 Å². The Kier molecular flexibility index (Phi) is 5.53. The van der Waals surface area contributed by atoms with Crippen molar-refractivity contribution in [2.24, 2.45) is 0 Å². The summed E-state index contributed by atoms with van der Waals surface area (Å²) in [6.45, 7) is 1.83. The van der Waals surface area contributed by atoms with Gasteiger partial charge in [-0.1, -0.05) is 0 Å². The molecular weight excluding hydrogens is 178 g/mol. The molecule has 0 bridgehead atoms. The van der Waals surface area contributed by atoms with Crippen molar-refractivity contribution < 1.29 is 14.3 Å². The second-order valence-electron chi connectivity index (χ2n) is 2.32. The van der Waals surface area contributed by atoms with Gasteiger partial charge in [0.1, 0.15) is 0 Å². The van der Waals surface area contributed by atoms with E-state index in [4.69, 9.17) is 0 Å². The number of carbonyl (C=O) groups is 2. The minimum Gasteiger partial charge on any atom is -0.462 e. The smallest absolute Gasteiger partial charge is 0.396 e. The standard InChI is InChI=1S/C7H13NO3S/c1-5(4-12-3)8-6(9)7(10)11-2/h5H,4H2,1-3H3,(H,8,9). The molecule has 1 atom stereocenters. The highest BCUT2D eigenvalue weighted by Gasteiger charge is 2.15. The minimum atomic E-state index is -0.844. The summed E-state index contributed by atoms with van der Waals surface area (Å²) in [4.78, 5) is 21.5. The first kappa shape index (κ1) is 11.3. The van der Waals surface area contributed by atoms with Crippen molar-refractivity contribution in [1.82, 2.24) is 5.32 Å². The van der Waals surface area contributed by atoms with Crippen LogP contribution in [-0.4, -0.2) is 37.0 Å². The van der Waals surface area contributed by atoms with Crippen molar-refractivity contribution in [3.05, 3.63) is 0 Å². The highest BCUT2D eigenvalue weighted by molar-refractivity contribution is 7.98. The summed E-state index contributed by atoms with van der Waals surface area (Å²) in [5.41, 5.74) is 0. The molecule has 0 aromatic rings. The maximum Gasteiger partial charge on any atom is 0.396 e. The molecule has 0 radical (unpaired) electrons. The SMILES string of the molecule is COC(=O)C(=O)NC(C)CSC. The van der Waals surface area contributed by atoms with E-state index in [1.54, 1.807) is 11.8 Å². The van der Waals surface area contributed by atoms with Gasteiger partial charge < -0.3 is 10.1 Å². The largest absolute Gasteiger partial charge is 0.462 e. The minimum absolute atomic E-state index is 0.00778. The van der Waals surface area contributed by atoms with Gasteiger partial charge in [0.2, 0.25) is 0 Å². The van der Waals surface area contributed by atoms with Gasteiger partial charge in [0.15, 0.2) is 0 Å². The zero-order chi connectivity index (χ0) is 9.56. The second kappa shape index (κ2) is 5.88. The highest BCUT2D eigenvalue weighted by atomic mass is 32.2. The van der Waals surface area contributed by atoms with Gasteiger partial charge in [-0.2, -0.15) is 11.8 Å². The van der Waals surface area contributed by atoms with Crippen molar-refractivity contribution >= 4 is 23.6 Å². The molecule has 1 unspecified atom stereocenters. The summed E-state index contributed by atoms with van der Waals surface area (Å²) in [7, 11) is 1.18. The number of hydrogen-bond acceptors (Lipinski definition) is 4. The molecule has 0 heterocycles. The number of carbonyl (C=O) groups excluding carboxylic acids is 2. The van der Waals surface area contributed by atoms with Crippen LogP contribution in [0.15, 0.2) is 0 Å². The third-order valence-corrected chi connectivity index (χ3v) is 2.00. The van der Waals surface area contributed by atoms with E-state index in [1.165, 1.54) is 7.11 Å². The lowest BCUT2D eigenvalue weighted by Gasteiger charge is -2.10. The topological polar surface area (TPSA) is 55.4 Å². The Balaban J connectivity index is 3.76. The van der Waals surface area contributed by atoms with Crippen LogP contribution in [0.1, 0.15) is 6.92 Å². The molecule has 0 aliphatic heterocycles. The molecule has 0 saturated heterocycles. The Morgan fingerprint density at radius 2 is 2.17 bits per heavy atom. The van der Waals surface area contributed by atoms with E-state index in [-0.39, 0.29) is 6.04 Å². The molecule has 1 N–H and O–H groups in total. The summed E-state index contributed by atoms with van der Waals surface area (Å²) < 4.78 is 4.23. The molecule has 0 fully saturated rings. The van der Waals surface area contributed by atoms with Crippen LogP contribution in [0.25, 0.3) is 0 Å². The van der Waals surface area contributed by atoms with E-state index in [0.717, 1.165) is 5.75 Å². The fourth-order valence-corrected chi connectivity index (χ4v) is 1.25. The first-order chi connectivity index (χ1) is 5.61. The monoisotopic (exact) mass is 191 g/mol. The van der Waals surface area contributed by atoms with Crippen LogP contribution in [0.4, 0.5) is 0 Å². The van der Waals surface area contributed by atoms with E-state index >= 15 is 0 Å². The first-order valence-electron chi connectivity index (χ1n) is 3.49. The van der Waals surface area contributed by atoms with E-state index in [2.05, 4.69) is 10.1 Å². The van der Waals surface area contributed by atoms with Gasteiger partial charge in [-0.05, 0) is 13.2 Å². The highest BCUT2D eigenvalue weighted by Crippen LogP contribution is 1.95. The molecule has 4 nitrogen and oxygen atoms in total. The van der Waals surface area contributed by atoms with Crippen molar-refractivity contribution in [3.8, 4) is 0 Å². The van der Waals surface area contributed by atoms with Gasteiger partial charge >= 0.3 is 11.9 Å². The molecule has 0 aliphatic carbocycles. The molecule has 0 aromatic carbocycles. The molecule has 0 rings (SSSR count). The number of esters is 1. The number of thioether (sulfide) groups is 1. The van der Waals surface area contributed by atoms with Crippen LogP contribution < -0.4 is 5.32 Å². The zero-order valence-corrected chi connectivity index (χ0v) is 8.23. The molecule has 70 valence electrons. The average Bonchev–Trinajstić information content (AvgIpc) is 2.03. The summed E-state index contributed by atoms with van der Waals surface area (Å²) >= 11 is 1.60. The normalized spacial score (nSPS) is 11.9.